The van der Waals surface area contributed by atoms with E-state index < -0.39 is 5.41 Å². The van der Waals surface area contributed by atoms with Crippen LogP contribution in [-0.2, 0) is 14.4 Å². The van der Waals surface area contributed by atoms with E-state index in [2.05, 4.69) is 0 Å². The Morgan fingerprint density at radius 2 is 1.67 bits per heavy atom. The molecule has 0 spiro atoms. The van der Waals surface area contributed by atoms with Gasteiger partial charge in [-0.1, -0.05) is 0 Å². The molecule has 1 aliphatic rings. The highest BCUT2D eigenvalue weighted by atomic mass is 16.2. The summed E-state index contributed by atoms with van der Waals surface area (Å²) in [6.07, 6.45) is 3.30. The van der Waals surface area contributed by atoms with Crippen LogP contribution in [0.2, 0.25) is 0 Å². The van der Waals surface area contributed by atoms with Gasteiger partial charge in [-0.15, -0.1) is 0 Å². The Morgan fingerprint density at radius 1 is 1.20 bits per heavy atom. The summed E-state index contributed by atoms with van der Waals surface area (Å²) in [5.41, 5.74) is -0.887. The number of Topliss-reactive ketones (excluding diaryl/α,β-unsaturated/α-hetero) is 3. The molecule has 0 aromatic rings. The first-order valence-corrected chi connectivity index (χ1v) is 5.53. The number of ketones is 3. The van der Waals surface area contributed by atoms with Crippen LogP contribution in [-0.4, -0.2) is 17.3 Å². The average molecular weight is 210 g/mol. The molecular weight excluding hydrogens is 192 g/mol. The molecule has 0 N–H and O–H groups in total. The van der Waals surface area contributed by atoms with Crippen molar-refractivity contribution in [3.05, 3.63) is 0 Å². The molecule has 1 aliphatic carbocycles. The van der Waals surface area contributed by atoms with Crippen LogP contribution in [0.15, 0.2) is 0 Å². The lowest BCUT2D eigenvalue weighted by Gasteiger charge is -2.24. The lowest BCUT2D eigenvalue weighted by atomic mass is 9.76. The molecule has 0 bridgehead atoms. The Hall–Kier alpha value is -0.990. The molecule has 84 valence electrons. The maximum absolute atomic E-state index is 11.8. The quantitative estimate of drug-likeness (QED) is 0.529. The van der Waals surface area contributed by atoms with Crippen molar-refractivity contribution in [3.8, 4) is 0 Å². The van der Waals surface area contributed by atoms with Gasteiger partial charge < -0.3 is 4.79 Å². The number of rotatable bonds is 3. The van der Waals surface area contributed by atoms with Crippen molar-refractivity contribution in [2.45, 2.75) is 52.4 Å². The first-order chi connectivity index (χ1) is 6.97. The molecule has 0 atom stereocenters. The van der Waals surface area contributed by atoms with E-state index in [0.717, 1.165) is 12.8 Å². The van der Waals surface area contributed by atoms with Crippen LogP contribution in [0.4, 0.5) is 0 Å². The summed E-state index contributed by atoms with van der Waals surface area (Å²) in [6.45, 7) is 3.20. The molecule has 3 nitrogen and oxygen atoms in total. The molecule has 1 saturated carbocycles. The van der Waals surface area contributed by atoms with E-state index in [4.69, 9.17) is 0 Å². The third-order valence-corrected chi connectivity index (χ3v) is 3.27. The van der Waals surface area contributed by atoms with Crippen LogP contribution >= 0.6 is 0 Å². The molecule has 0 heterocycles. The van der Waals surface area contributed by atoms with Gasteiger partial charge in [0.05, 0.1) is 5.41 Å². The van der Waals surface area contributed by atoms with Gasteiger partial charge in [-0.3, -0.25) is 9.59 Å². The van der Waals surface area contributed by atoms with Crippen LogP contribution in [0.1, 0.15) is 52.4 Å². The van der Waals surface area contributed by atoms with Crippen LogP contribution in [0.25, 0.3) is 0 Å². The minimum absolute atomic E-state index is 0.0197. The van der Waals surface area contributed by atoms with E-state index in [-0.39, 0.29) is 17.3 Å². The number of hydrogen-bond donors (Lipinski definition) is 0. The second-order valence-corrected chi connectivity index (χ2v) is 4.59. The standard InChI is InChI=1S/C12H18O3/c1-9(13)7-8-12(2)10(14)5-3-4-6-11(12)15/h3-8H2,1-2H3. The highest BCUT2D eigenvalue weighted by molar-refractivity contribution is 6.07. The molecule has 3 heteroatoms. The minimum Gasteiger partial charge on any atom is -0.300 e. The molecule has 15 heavy (non-hydrogen) atoms. The number of hydrogen-bond acceptors (Lipinski definition) is 3. The molecule has 0 saturated heterocycles. The maximum atomic E-state index is 11.8. The molecule has 1 fully saturated rings. The fraction of sp³-hybridized carbons (Fsp3) is 0.750. The van der Waals surface area contributed by atoms with Crippen molar-refractivity contribution < 1.29 is 14.4 Å². The van der Waals surface area contributed by atoms with Gasteiger partial charge in [0.25, 0.3) is 0 Å². The van der Waals surface area contributed by atoms with Crippen molar-refractivity contribution >= 4 is 17.3 Å². The molecule has 1 rings (SSSR count). The molecule has 0 aromatic carbocycles. The second-order valence-electron chi connectivity index (χ2n) is 4.59. The zero-order valence-corrected chi connectivity index (χ0v) is 9.47. The third kappa shape index (κ3) is 2.74. The second kappa shape index (κ2) is 4.69. The van der Waals surface area contributed by atoms with Gasteiger partial charge in [-0.05, 0) is 33.1 Å². The van der Waals surface area contributed by atoms with Crippen LogP contribution < -0.4 is 0 Å². The lowest BCUT2D eigenvalue weighted by molar-refractivity contribution is -0.139. The lowest BCUT2D eigenvalue weighted by Crippen LogP contribution is -2.35. The minimum atomic E-state index is -0.887. The van der Waals surface area contributed by atoms with E-state index in [1.807, 2.05) is 0 Å². The van der Waals surface area contributed by atoms with Gasteiger partial charge >= 0.3 is 0 Å². The molecule has 0 amide bonds. The Balaban J connectivity index is 2.78. The third-order valence-electron chi connectivity index (χ3n) is 3.27. The first kappa shape index (κ1) is 12.1. The predicted molar refractivity (Wildman–Crippen MR) is 56.5 cm³/mol. The van der Waals surface area contributed by atoms with E-state index in [1.54, 1.807) is 6.92 Å². The van der Waals surface area contributed by atoms with Crippen molar-refractivity contribution in [1.82, 2.24) is 0 Å². The van der Waals surface area contributed by atoms with Crippen LogP contribution in [0.3, 0.4) is 0 Å². The molecule has 0 unspecified atom stereocenters. The van der Waals surface area contributed by atoms with Crippen molar-refractivity contribution in [2.24, 2.45) is 5.41 Å². The van der Waals surface area contributed by atoms with Crippen molar-refractivity contribution in [2.75, 3.05) is 0 Å². The maximum Gasteiger partial charge on any atom is 0.146 e. The highest BCUT2D eigenvalue weighted by Crippen LogP contribution is 2.33. The van der Waals surface area contributed by atoms with Gasteiger partial charge in [-0.25, -0.2) is 0 Å². The van der Waals surface area contributed by atoms with E-state index in [0.29, 0.717) is 25.7 Å². The Kier molecular flexibility index (Phi) is 3.77. The number of carbonyl (C=O) groups is 3. The monoisotopic (exact) mass is 210 g/mol. The van der Waals surface area contributed by atoms with Gasteiger partial charge in [-0.2, -0.15) is 0 Å². The normalized spacial score (nSPS) is 21.2. The van der Waals surface area contributed by atoms with Gasteiger partial charge in [0, 0.05) is 19.3 Å². The zero-order valence-electron chi connectivity index (χ0n) is 9.47. The molecule has 0 radical (unpaired) electrons. The van der Waals surface area contributed by atoms with Crippen LogP contribution in [0, 0.1) is 5.41 Å². The summed E-state index contributed by atoms with van der Waals surface area (Å²) in [7, 11) is 0. The summed E-state index contributed by atoms with van der Waals surface area (Å²) < 4.78 is 0. The Labute approximate surface area is 90.2 Å². The van der Waals surface area contributed by atoms with Crippen LogP contribution in [0.5, 0.6) is 0 Å². The van der Waals surface area contributed by atoms with Crippen molar-refractivity contribution in [1.29, 1.82) is 0 Å². The topological polar surface area (TPSA) is 51.2 Å². The summed E-state index contributed by atoms with van der Waals surface area (Å²) in [6, 6.07) is 0. The summed E-state index contributed by atoms with van der Waals surface area (Å²) in [5, 5.41) is 0. The Bertz CT molecular complexity index is 273. The molecule has 0 aliphatic heterocycles. The smallest absolute Gasteiger partial charge is 0.146 e. The molecule has 0 aromatic heterocycles. The van der Waals surface area contributed by atoms with Crippen molar-refractivity contribution in [3.63, 3.8) is 0 Å². The fourth-order valence-corrected chi connectivity index (χ4v) is 1.98. The average Bonchev–Trinajstić information content (AvgIpc) is 2.30. The first-order valence-electron chi connectivity index (χ1n) is 5.53. The van der Waals surface area contributed by atoms with E-state index in [1.165, 1.54) is 6.92 Å². The summed E-state index contributed by atoms with van der Waals surface area (Å²) >= 11 is 0. The van der Waals surface area contributed by atoms with Gasteiger partial charge in [0.1, 0.15) is 17.3 Å². The predicted octanol–water partition coefficient (Wildman–Crippen LogP) is 2.07. The molecular formula is C12H18O3. The SMILES string of the molecule is CC(=O)CCC1(C)C(=O)CCCCC1=O. The highest BCUT2D eigenvalue weighted by Gasteiger charge is 2.40. The zero-order chi connectivity index (χ0) is 11.5. The van der Waals surface area contributed by atoms with E-state index >= 15 is 0 Å². The van der Waals surface area contributed by atoms with Gasteiger partial charge in [0.15, 0.2) is 0 Å². The summed E-state index contributed by atoms with van der Waals surface area (Å²) in [4.78, 5) is 34.6. The van der Waals surface area contributed by atoms with E-state index in [9.17, 15) is 14.4 Å². The fourth-order valence-electron chi connectivity index (χ4n) is 1.98. The Morgan fingerprint density at radius 3 is 2.07 bits per heavy atom. The number of carbonyl (C=O) groups excluding carboxylic acids is 3. The van der Waals surface area contributed by atoms with Gasteiger partial charge in [0.2, 0.25) is 0 Å². The largest absolute Gasteiger partial charge is 0.300 e. The summed E-state index contributed by atoms with van der Waals surface area (Å²) in [5.74, 6) is 0.0820.